The number of benzene rings is 1. The first-order chi connectivity index (χ1) is 7.72. The second-order valence-corrected chi connectivity index (χ2v) is 5.18. The molecule has 1 N–H and O–H groups in total. The number of fused-ring (bicyclic) bond motifs is 1. The molecule has 3 heteroatoms. The van der Waals surface area contributed by atoms with Gasteiger partial charge in [0.1, 0.15) is 5.75 Å². The van der Waals surface area contributed by atoms with Crippen LogP contribution in [0.4, 0.5) is 0 Å². The van der Waals surface area contributed by atoms with Crippen molar-refractivity contribution in [3.05, 3.63) is 28.2 Å². The van der Waals surface area contributed by atoms with Crippen LogP contribution in [0.1, 0.15) is 38.3 Å². The fourth-order valence-electron chi connectivity index (χ4n) is 2.14. The first kappa shape index (κ1) is 11.9. The average molecular weight is 284 g/mol. The zero-order chi connectivity index (χ0) is 11.5. The summed E-state index contributed by atoms with van der Waals surface area (Å²) in [4.78, 5) is 0. The Kier molecular flexibility index (Phi) is 3.87. The van der Waals surface area contributed by atoms with E-state index in [1.807, 2.05) is 6.07 Å². The van der Waals surface area contributed by atoms with Gasteiger partial charge in [-0.3, -0.25) is 0 Å². The summed E-state index contributed by atoms with van der Waals surface area (Å²) in [6.07, 6.45) is 2.49. The molecule has 2 nitrogen and oxygen atoms in total. The molecule has 16 heavy (non-hydrogen) atoms. The number of ether oxygens (including phenoxy) is 1. The lowest BCUT2D eigenvalue weighted by Crippen LogP contribution is -2.32. The van der Waals surface area contributed by atoms with E-state index < -0.39 is 0 Å². The zero-order valence-electron chi connectivity index (χ0n) is 9.79. The van der Waals surface area contributed by atoms with Crippen molar-refractivity contribution in [3.8, 4) is 5.75 Å². The zero-order valence-corrected chi connectivity index (χ0v) is 11.4. The summed E-state index contributed by atoms with van der Waals surface area (Å²) in [7, 11) is 0. The van der Waals surface area contributed by atoms with Gasteiger partial charge in [0, 0.05) is 18.0 Å². The highest BCUT2D eigenvalue weighted by Crippen LogP contribution is 2.39. The van der Waals surface area contributed by atoms with Crippen molar-refractivity contribution in [2.45, 2.75) is 38.8 Å². The maximum absolute atomic E-state index is 5.89. The Labute approximate surface area is 106 Å². The Balaban J connectivity index is 2.27. The summed E-state index contributed by atoms with van der Waals surface area (Å²) in [5.41, 5.74) is 1.28. The quantitative estimate of drug-likeness (QED) is 0.914. The molecule has 0 aromatic heterocycles. The van der Waals surface area contributed by atoms with Crippen LogP contribution in [-0.2, 0) is 0 Å². The standard InChI is InChI=1S/C13H18BrNO/c1-3-7-15-12-8-9(2)16-13-10(12)5-4-6-11(13)14/h4-6,9,12,15H,3,7-8H2,1-2H3. The first-order valence-corrected chi connectivity index (χ1v) is 6.70. The van der Waals surface area contributed by atoms with Crippen molar-refractivity contribution in [3.63, 3.8) is 0 Å². The van der Waals surface area contributed by atoms with Crippen LogP contribution in [0.3, 0.4) is 0 Å². The van der Waals surface area contributed by atoms with Crippen LogP contribution in [0.5, 0.6) is 5.75 Å². The van der Waals surface area contributed by atoms with E-state index in [4.69, 9.17) is 4.74 Å². The lowest BCUT2D eigenvalue weighted by atomic mass is 9.97. The molecule has 0 radical (unpaired) electrons. The number of hydrogen-bond donors (Lipinski definition) is 1. The molecule has 1 aromatic rings. The molecule has 1 aliphatic rings. The second-order valence-electron chi connectivity index (χ2n) is 4.33. The topological polar surface area (TPSA) is 21.3 Å². The molecular weight excluding hydrogens is 266 g/mol. The van der Waals surface area contributed by atoms with Gasteiger partial charge in [-0.25, -0.2) is 0 Å². The minimum absolute atomic E-state index is 0.278. The molecule has 0 amide bonds. The summed E-state index contributed by atoms with van der Waals surface area (Å²) in [6, 6.07) is 6.69. The van der Waals surface area contributed by atoms with Gasteiger partial charge in [0.25, 0.3) is 0 Å². The molecule has 0 saturated heterocycles. The lowest BCUT2D eigenvalue weighted by molar-refractivity contribution is 0.165. The summed E-state index contributed by atoms with van der Waals surface area (Å²) in [5, 5.41) is 3.58. The van der Waals surface area contributed by atoms with Crippen LogP contribution in [0, 0.1) is 0 Å². The smallest absolute Gasteiger partial charge is 0.138 e. The van der Waals surface area contributed by atoms with Gasteiger partial charge in [-0.15, -0.1) is 0 Å². The van der Waals surface area contributed by atoms with Gasteiger partial charge < -0.3 is 10.1 Å². The van der Waals surface area contributed by atoms with Gasteiger partial charge in [-0.05, 0) is 41.9 Å². The van der Waals surface area contributed by atoms with Crippen LogP contribution in [0.15, 0.2) is 22.7 Å². The largest absolute Gasteiger partial charge is 0.489 e. The van der Waals surface area contributed by atoms with Crippen LogP contribution in [0.25, 0.3) is 0 Å². The molecule has 1 aliphatic heterocycles. The maximum atomic E-state index is 5.89. The van der Waals surface area contributed by atoms with Gasteiger partial charge in [0.05, 0.1) is 10.6 Å². The Morgan fingerprint density at radius 2 is 2.31 bits per heavy atom. The molecular formula is C13H18BrNO. The minimum Gasteiger partial charge on any atom is -0.489 e. The Morgan fingerprint density at radius 1 is 1.50 bits per heavy atom. The Bertz CT molecular complexity index is 367. The Morgan fingerprint density at radius 3 is 3.06 bits per heavy atom. The molecule has 2 unspecified atom stereocenters. The molecule has 88 valence electrons. The summed E-state index contributed by atoms with van der Waals surface area (Å²) >= 11 is 3.55. The second kappa shape index (κ2) is 5.19. The predicted octanol–water partition coefficient (Wildman–Crippen LogP) is 3.66. The third-order valence-electron chi connectivity index (χ3n) is 2.90. The van der Waals surface area contributed by atoms with Crippen molar-refractivity contribution in [2.75, 3.05) is 6.54 Å². The predicted molar refractivity (Wildman–Crippen MR) is 69.9 cm³/mol. The van der Waals surface area contributed by atoms with E-state index in [1.165, 1.54) is 5.56 Å². The van der Waals surface area contributed by atoms with Crippen LogP contribution in [-0.4, -0.2) is 12.6 Å². The molecule has 2 rings (SSSR count). The fraction of sp³-hybridized carbons (Fsp3) is 0.538. The number of rotatable bonds is 3. The van der Waals surface area contributed by atoms with Gasteiger partial charge in [0.2, 0.25) is 0 Å². The number of para-hydroxylation sites is 1. The molecule has 0 bridgehead atoms. The molecule has 1 heterocycles. The SMILES string of the molecule is CCCNC1CC(C)Oc2c(Br)cccc21. The van der Waals surface area contributed by atoms with Gasteiger partial charge in [0.15, 0.2) is 0 Å². The van der Waals surface area contributed by atoms with E-state index in [-0.39, 0.29) is 6.10 Å². The molecule has 0 saturated carbocycles. The highest BCUT2D eigenvalue weighted by molar-refractivity contribution is 9.10. The van der Waals surface area contributed by atoms with Crippen molar-refractivity contribution < 1.29 is 4.74 Å². The normalized spacial score (nSPS) is 23.7. The van der Waals surface area contributed by atoms with Crippen molar-refractivity contribution in [1.29, 1.82) is 0 Å². The van der Waals surface area contributed by atoms with E-state index in [9.17, 15) is 0 Å². The molecule has 2 atom stereocenters. The third-order valence-corrected chi connectivity index (χ3v) is 3.52. The summed E-state index contributed by atoms with van der Waals surface area (Å²) < 4.78 is 6.94. The molecule has 1 aromatic carbocycles. The van der Waals surface area contributed by atoms with E-state index in [0.29, 0.717) is 6.04 Å². The number of halogens is 1. The van der Waals surface area contributed by atoms with Crippen LogP contribution >= 0.6 is 15.9 Å². The van der Waals surface area contributed by atoms with Gasteiger partial charge >= 0.3 is 0 Å². The average Bonchev–Trinajstić information content (AvgIpc) is 2.27. The van der Waals surface area contributed by atoms with Gasteiger partial charge in [-0.1, -0.05) is 19.1 Å². The Hall–Kier alpha value is -0.540. The van der Waals surface area contributed by atoms with Crippen molar-refractivity contribution in [1.82, 2.24) is 5.32 Å². The highest BCUT2D eigenvalue weighted by atomic mass is 79.9. The van der Waals surface area contributed by atoms with Crippen molar-refractivity contribution >= 4 is 15.9 Å². The highest BCUT2D eigenvalue weighted by Gasteiger charge is 2.26. The summed E-state index contributed by atoms with van der Waals surface area (Å²) in [6.45, 7) is 5.38. The first-order valence-electron chi connectivity index (χ1n) is 5.90. The monoisotopic (exact) mass is 283 g/mol. The fourth-order valence-corrected chi connectivity index (χ4v) is 2.62. The number of nitrogens with one attached hydrogen (secondary N) is 1. The third kappa shape index (κ3) is 2.41. The summed E-state index contributed by atoms with van der Waals surface area (Å²) in [5.74, 6) is 1.01. The van der Waals surface area contributed by atoms with Crippen LogP contribution < -0.4 is 10.1 Å². The molecule has 0 fully saturated rings. The van der Waals surface area contributed by atoms with Crippen molar-refractivity contribution in [2.24, 2.45) is 0 Å². The van der Waals surface area contributed by atoms with E-state index >= 15 is 0 Å². The van der Waals surface area contributed by atoms with Crippen LogP contribution in [0.2, 0.25) is 0 Å². The maximum Gasteiger partial charge on any atom is 0.138 e. The van der Waals surface area contributed by atoms with E-state index in [2.05, 4.69) is 47.2 Å². The van der Waals surface area contributed by atoms with E-state index in [1.54, 1.807) is 0 Å². The number of hydrogen-bond acceptors (Lipinski definition) is 2. The van der Waals surface area contributed by atoms with Gasteiger partial charge in [-0.2, -0.15) is 0 Å². The minimum atomic E-state index is 0.278. The molecule has 0 spiro atoms. The molecule has 0 aliphatic carbocycles. The lowest BCUT2D eigenvalue weighted by Gasteiger charge is -2.31. The van der Waals surface area contributed by atoms with E-state index in [0.717, 1.165) is 29.6 Å².